The normalized spacial score (nSPS) is 14.3. The van der Waals surface area contributed by atoms with Crippen LogP contribution in [0.3, 0.4) is 0 Å². The van der Waals surface area contributed by atoms with Crippen molar-refractivity contribution in [3.8, 4) is 0 Å². The molecule has 0 atom stereocenters. The fraction of sp³-hybridized carbons (Fsp3) is 0.600. The van der Waals surface area contributed by atoms with E-state index in [9.17, 15) is 18.0 Å². The van der Waals surface area contributed by atoms with E-state index in [-0.39, 0.29) is 44.3 Å². The van der Waals surface area contributed by atoms with Crippen molar-refractivity contribution in [3.05, 3.63) is 27.7 Å². The number of carbonyl (C=O) groups excluding carboxylic acids is 2. The van der Waals surface area contributed by atoms with E-state index in [4.69, 9.17) is 27.9 Å². The third-order valence-corrected chi connectivity index (χ3v) is 6.58. The molecule has 7 nitrogen and oxygen atoms in total. The van der Waals surface area contributed by atoms with Crippen LogP contribution in [0, 0.1) is 11.8 Å². The van der Waals surface area contributed by atoms with Gasteiger partial charge in [-0.3, -0.25) is 4.79 Å². The summed E-state index contributed by atoms with van der Waals surface area (Å²) in [5.74, 6) is -0.678. The molecule has 1 fully saturated rings. The number of amides is 1. The Morgan fingerprint density at radius 2 is 1.67 bits per heavy atom. The summed E-state index contributed by atoms with van der Waals surface area (Å²) in [5.41, 5.74) is -0.163. The number of benzene rings is 1. The standard InChI is InChI=1S/C20H28Cl2N2O5S/c1-12(2)9-24(10-13(3)4)19(25)11-29-20(26)15-7-18(17(22)8-16(15)21)30(27,28)23-14-5-6-14/h7-8,12-14,23H,5-6,9-11H2,1-4H3. The molecule has 1 aliphatic rings. The zero-order valence-electron chi connectivity index (χ0n) is 17.6. The van der Waals surface area contributed by atoms with Crippen molar-refractivity contribution >= 4 is 45.1 Å². The number of halogens is 2. The summed E-state index contributed by atoms with van der Waals surface area (Å²) in [4.78, 5) is 26.5. The number of hydrogen-bond acceptors (Lipinski definition) is 5. The highest BCUT2D eigenvalue weighted by Crippen LogP contribution is 2.31. The second-order valence-corrected chi connectivity index (χ2v) is 10.8. The van der Waals surface area contributed by atoms with E-state index in [1.165, 1.54) is 6.07 Å². The maximum absolute atomic E-state index is 12.5. The fourth-order valence-corrected chi connectivity index (χ4v) is 4.99. The lowest BCUT2D eigenvalue weighted by Crippen LogP contribution is -2.39. The highest BCUT2D eigenvalue weighted by atomic mass is 35.5. The van der Waals surface area contributed by atoms with Gasteiger partial charge in [-0.05, 0) is 36.8 Å². The highest BCUT2D eigenvalue weighted by molar-refractivity contribution is 7.89. The van der Waals surface area contributed by atoms with E-state index in [2.05, 4.69) is 4.72 Å². The minimum atomic E-state index is -3.90. The van der Waals surface area contributed by atoms with Crippen molar-refractivity contribution in [1.29, 1.82) is 0 Å². The number of esters is 1. The second-order valence-electron chi connectivity index (χ2n) is 8.32. The van der Waals surface area contributed by atoms with Gasteiger partial charge >= 0.3 is 5.97 Å². The topological polar surface area (TPSA) is 92.8 Å². The summed E-state index contributed by atoms with van der Waals surface area (Å²) in [6.07, 6.45) is 1.51. The minimum Gasteiger partial charge on any atom is -0.452 e. The SMILES string of the molecule is CC(C)CN(CC(C)C)C(=O)COC(=O)c1cc(S(=O)(=O)NC2CC2)c(Cl)cc1Cl. The lowest BCUT2D eigenvalue weighted by atomic mass is 10.1. The van der Waals surface area contributed by atoms with Gasteiger partial charge in [-0.15, -0.1) is 0 Å². The average molecular weight is 479 g/mol. The van der Waals surface area contributed by atoms with Gasteiger partial charge in [0.05, 0.1) is 15.6 Å². The molecule has 0 aliphatic heterocycles. The van der Waals surface area contributed by atoms with Gasteiger partial charge in [-0.25, -0.2) is 17.9 Å². The van der Waals surface area contributed by atoms with Gasteiger partial charge in [0, 0.05) is 19.1 Å². The van der Waals surface area contributed by atoms with Crippen LogP contribution in [0.15, 0.2) is 17.0 Å². The van der Waals surface area contributed by atoms with Crippen LogP contribution in [-0.4, -0.2) is 50.9 Å². The summed E-state index contributed by atoms with van der Waals surface area (Å²) >= 11 is 12.1. The zero-order chi connectivity index (χ0) is 22.6. The second kappa shape index (κ2) is 10.3. The third kappa shape index (κ3) is 7.11. The molecule has 0 bridgehead atoms. The van der Waals surface area contributed by atoms with Crippen LogP contribution < -0.4 is 4.72 Å². The van der Waals surface area contributed by atoms with E-state index < -0.39 is 22.6 Å². The third-order valence-electron chi connectivity index (χ3n) is 4.28. The molecule has 1 amide bonds. The first kappa shape index (κ1) is 24.9. The number of nitrogens with zero attached hydrogens (tertiary/aromatic N) is 1. The Balaban J connectivity index is 2.14. The Bertz CT molecular complexity index is 889. The molecule has 1 aromatic carbocycles. The summed E-state index contributed by atoms with van der Waals surface area (Å²) in [5, 5.41) is -0.148. The lowest BCUT2D eigenvalue weighted by molar-refractivity contribution is -0.135. The molecule has 10 heteroatoms. The van der Waals surface area contributed by atoms with Crippen LogP contribution in [0.1, 0.15) is 50.9 Å². The molecule has 0 spiro atoms. The molecular weight excluding hydrogens is 451 g/mol. The predicted octanol–water partition coefficient (Wildman–Crippen LogP) is 3.73. The summed E-state index contributed by atoms with van der Waals surface area (Å²) in [6.45, 7) is 8.63. The first-order chi connectivity index (χ1) is 13.9. The first-order valence-corrected chi connectivity index (χ1v) is 12.1. The molecule has 0 aromatic heterocycles. The molecule has 0 unspecified atom stereocenters. The van der Waals surface area contributed by atoms with Crippen molar-refractivity contribution in [2.45, 2.75) is 51.5 Å². The number of nitrogens with one attached hydrogen (secondary N) is 1. The predicted molar refractivity (Wildman–Crippen MR) is 116 cm³/mol. The van der Waals surface area contributed by atoms with Crippen LogP contribution in [0.25, 0.3) is 0 Å². The molecule has 30 heavy (non-hydrogen) atoms. The maximum Gasteiger partial charge on any atom is 0.340 e. The largest absolute Gasteiger partial charge is 0.452 e. The minimum absolute atomic E-state index is 0.0518. The van der Waals surface area contributed by atoms with Crippen LogP contribution in [0.4, 0.5) is 0 Å². The van der Waals surface area contributed by atoms with Gasteiger partial charge in [0.2, 0.25) is 10.0 Å². The smallest absolute Gasteiger partial charge is 0.340 e. The summed E-state index contributed by atoms with van der Waals surface area (Å²) < 4.78 is 32.6. The van der Waals surface area contributed by atoms with Gasteiger partial charge in [0.1, 0.15) is 4.90 Å². The van der Waals surface area contributed by atoms with Gasteiger partial charge in [-0.1, -0.05) is 50.9 Å². The van der Waals surface area contributed by atoms with Gasteiger partial charge in [-0.2, -0.15) is 0 Å². The highest BCUT2D eigenvalue weighted by Gasteiger charge is 2.30. The molecule has 1 aliphatic carbocycles. The van der Waals surface area contributed by atoms with Crippen molar-refractivity contribution < 1.29 is 22.7 Å². The zero-order valence-corrected chi connectivity index (χ0v) is 19.9. The molecule has 168 valence electrons. The molecule has 0 heterocycles. The van der Waals surface area contributed by atoms with Gasteiger partial charge in [0.15, 0.2) is 6.61 Å². The Morgan fingerprint density at radius 1 is 1.10 bits per heavy atom. The number of hydrogen-bond donors (Lipinski definition) is 1. The molecule has 1 aromatic rings. The van der Waals surface area contributed by atoms with Gasteiger partial charge in [0.25, 0.3) is 5.91 Å². The van der Waals surface area contributed by atoms with E-state index in [0.717, 1.165) is 18.9 Å². The van der Waals surface area contributed by atoms with E-state index >= 15 is 0 Å². The summed E-state index contributed by atoms with van der Waals surface area (Å²) in [6, 6.07) is 2.15. The maximum atomic E-state index is 12.5. The fourth-order valence-electron chi connectivity index (χ4n) is 2.83. The number of sulfonamides is 1. The van der Waals surface area contributed by atoms with E-state index in [1.807, 2.05) is 27.7 Å². The molecule has 0 radical (unpaired) electrons. The molecule has 2 rings (SSSR count). The molecule has 1 N–H and O–H groups in total. The molecule has 0 saturated heterocycles. The van der Waals surface area contributed by atoms with Crippen LogP contribution >= 0.6 is 23.2 Å². The van der Waals surface area contributed by atoms with Crippen LogP contribution in [0.2, 0.25) is 10.0 Å². The van der Waals surface area contributed by atoms with E-state index in [0.29, 0.717) is 13.1 Å². The Morgan fingerprint density at radius 3 is 2.17 bits per heavy atom. The van der Waals surface area contributed by atoms with Crippen molar-refractivity contribution in [2.75, 3.05) is 19.7 Å². The Labute approximate surface area is 188 Å². The quantitative estimate of drug-likeness (QED) is 0.517. The number of rotatable bonds is 10. The van der Waals surface area contributed by atoms with Crippen molar-refractivity contribution in [2.24, 2.45) is 11.8 Å². The van der Waals surface area contributed by atoms with Crippen molar-refractivity contribution in [3.63, 3.8) is 0 Å². The van der Waals surface area contributed by atoms with Crippen LogP contribution in [0.5, 0.6) is 0 Å². The molecule has 1 saturated carbocycles. The first-order valence-electron chi connectivity index (χ1n) is 9.87. The lowest BCUT2D eigenvalue weighted by Gasteiger charge is -2.26. The molecular formula is C20H28Cl2N2O5S. The van der Waals surface area contributed by atoms with Gasteiger partial charge < -0.3 is 9.64 Å². The number of carbonyl (C=O) groups is 2. The number of ether oxygens (including phenoxy) is 1. The van der Waals surface area contributed by atoms with E-state index in [1.54, 1.807) is 4.90 Å². The van der Waals surface area contributed by atoms with Crippen molar-refractivity contribution in [1.82, 2.24) is 9.62 Å². The summed E-state index contributed by atoms with van der Waals surface area (Å²) in [7, 11) is -3.90. The average Bonchev–Trinajstić information content (AvgIpc) is 3.41. The Kier molecular flexibility index (Phi) is 8.56. The Hall–Kier alpha value is -1.35. The van der Waals surface area contributed by atoms with Crippen LogP contribution in [-0.2, 0) is 19.6 Å². The monoisotopic (exact) mass is 478 g/mol.